The number of nitriles is 1. The first-order valence-electron chi connectivity index (χ1n) is 10.5. The van der Waals surface area contributed by atoms with E-state index in [0.717, 1.165) is 10.8 Å². The molecular weight excluding hydrogens is 493 g/mol. The van der Waals surface area contributed by atoms with Crippen LogP contribution >= 0.6 is 0 Å². The molecule has 4 rings (SSSR count). The predicted octanol–water partition coefficient (Wildman–Crippen LogP) is 2.23. The van der Waals surface area contributed by atoms with Gasteiger partial charge in [-0.3, -0.25) is 4.79 Å². The quantitative estimate of drug-likeness (QED) is 0.299. The number of halogens is 3. The largest absolute Gasteiger partial charge is 0.450 e. The molecule has 0 bridgehead atoms. The van der Waals surface area contributed by atoms with Gasteiger partial charge in [-0.25, -0.2) is 9.98 Å². The zero-order valence-corrected chi connectivity index (χ0v) is 19.6. The fourth-order valence-corrected chi connectivity index (χ4v) is 3.54. The lowest BCUT2D eigenvalue weighted by Gasteiger charge is -2.17. The Kier molecular flexibility index (Phi) is 6.41. The van der Waals surface area contributed by atoms with E-state index < -0.39 is 17.3 Å². The highest BCUT2D eigenvalue weighted by Gasteiger charge is 2.32. The van der Waals surface area contributed by atoms with Gasteiger partial charge in [-0.1, -0.05) is 0 Å². The van der Waals surface area contributed by atoms with Crippen LogP contribution in [0.3, 0.4) is 0 Å². The summed E-state index contributed by atoms with van der Waals surface area (Å²) in [6.45, 7) is 0. The fraction of sp³-hybridized carbons (Fsp3) is 0.182. The van der Waals surface area contributed by atoms with Crippen LogP contribution in [0.1, 0.15) is 11.1 Å². The zero-order chi connectivity index (χ0) is 26.9. The number of hydrogen-bond donors (Lipinski definition) is 4. The maximum atomic E-state index is 13.3. The topological polar surface area (TPSA) is 158 Å². The average Bonchev–Trinajstić information content (AvgIpc) is 3.19. The second-order valence-corrected chi connectivity index (χ2v) is 7.63. The number of alkyl halides is 3. The molecule has 1 aliphatic heterocycles. The molecule has 0 atom stereocenters. The molecule has 0 spiro atoms. The van der Waals surface area contributed by atoms with Gasteiger partial charge < -0.3 is 35.2 Å². The van der Waals surface area contributed by atoms with Crippen LogP contribution in [-0.4, -0.2) is 38.2 Å². The summed E-state index contributed by atoms with van der Waals surface area (Å²) >= 11 is 0. The number of pyridine rings is 2. The molecular formula is C22H19F3N10O2. The molecule has 0 radical (unpaired) electrons. The zero-order valence-electron chi connectivity index (χ0n) is 19.6. The Hall–Kier alpha value is -5.13. The second kappa shape index (κ2) is 9.49. The van der Waals surface area contributed by atoms with E-state index in [1.54, 1.807) is 7.05 Å². The average molecular weight is 512 g/mol. The summed E-state index contributed by atoms with van der Waals surface area (Å²) in [6, 6.07) is 2.70. The summed E-state index contributed by atoms with van der Waals surface area (Å²) in [6.07, 6.45) is 1.23. The van der Waals surface area contributed by atoms with Crippen LogP contribution in [0.15, 0.2) is 52.1 Å². The van der Waals surface area contributed by atoms with Gasteiger partial charge in [0.1, 0.15) is 28.5 Å². The highest BCUT2D eigenvalue weighted by Crippen LogP contribution is 2.32. The maximum absolute atomic E-state index is 13.3. The molecule has 12 nitrogen and oxygen atoms in total. The van der Waals surface area contributed by atoms with Crippen LogP contribution < -0.4 is 26.2 Å². The Balaban J connectivity index is 1.79. The van der Waals surface area contributed by atoms with Crippen LogP contribution in [0.2, 0.25) is 0 Å². The molecule has 4 heterocycles. The van der Waals surface area contributed by atoms with Crippen molar-refractivity contribution in [2.24, 2.45) is 19.1 Å². The Labute approximate surface area is 206 Å². The third kappa shape index (κ3) is 4.59. The number of fused-ring (bicyclic) bond motifs is 1. The lowest BCUT2D eigenvalue weighted by molar-refractivity contribution is -0.138. The van der Waals surface area contributed by atoms with Crippen LogP contribution in [0.25, 0.3) is 11.2 Å². The number of aliphatic imine (C=N–C) groups is 1. The van der Waals surface area contributed by atoms with Gasteiger partial charge >= 0.3 is 6.18 Å². The van der Waals surface area contributed by atoms with Crippen molar-refractivity contribution < 1.29 is 17.9 Å². The van der Waals surface area contributed by atoms with Crippen molar-refractivity contribution in [1.29, 1.82) is 10.7 Å². The number of ether oxygens (including phenoxy) is 1. The molecule has 0 saturated heterocycles. The van der Waals surface area contributed by atoms with Crippen molar-refractivity contribution in [1.82, 2.24) is 29.7 Å². The molecule has 15 heteroatoms. The van der Waals surface area contributed by atoms with Gasteiger partial charge in [0.25, 0.3) is 5.56 Å². The maximum Gasteiger partial charge on any atom is 0.417 e. The van der Waals surface area contributed by atoms with Gasteiger partial charge in [-0.15, -0.1) is 0 Å². The molecule has 0 fully saturated rings. The number of amidine groups is 1. The standard InChI is InChI=1S/C22H19F3N10O2/c1-28-18-16(29-4-5-30-18)14(8-27)37-15-9-31-19-17(12(15)7-26)35(3)21(33-19)32-13-6-11(22(23,24)25)10-34(2)20(13)36/h4-6,8-10,27,29H,1-3H3,(H,28,30)(H,31,32,33)/b16-14+,27-8?. The van der Waals surface area contributed by atoms with Gasteiger partial charge in [0.15, 0.2) is 23.0 Å². The number of nitrogens with one attached hydrogen (secondary N) is 4. The van der Waals surface area contributed by atoms with Crippen molar-refractivity contribution in [2.45, 2.75) is 6.18 Å². The molecule has 0 aromatic carbocycles. The van der Waals surface area contributed by atoms with Crippen molar-refractivity contribution in [3.05, 3.63) is 63.8 Å². The first kappa shape index (κ1) is 25.0. The van der Waals surface area contributed by atoms with Crippen molar-refractivity contribution in [2.75, 3.05) is 12.4 Å². The number of aromatic nitrogens is 4. The van der Waals surface area contributed by atoms with Crippen molar-refractivity contribution in [3.8, 4) is 11.8 Å². The molecule has 0 aliphatic carbocycles. The number of likely N-dealkylation sites (N-methyl/N-ethyl adjacent to an activating group) is 1. The first-order valence-corrected chi connectivity index (χ1v) is 10.5. The summed E-state index contributed by atoms with van der Waals surface area (Å²) in [5.74, 6) is 0.394. The highest BCUT2D eigenvalue weighted by molar-refractivity contribution is 6.03. The van der Waals surface area contributed by atoms with E-state index in [9.17, 15) is 23.2 Å². The summed E-state index contributed by atoms with van der Waals surface area (Å²) in [5.41, 5.74) is -1.48. The minimum absolute atomic E-state index is 0.000701. The summed E-state index contributed by atoms with van der Waals surface area (Å²) in [5, 5.41) is 26.1. The molecule has 37 heavy (non-hydrogen) atoms. The van der Waals surface area contributed by atoms with Crippen molar-refractivity contribution in [3.63, 3.8) is 0 Å². The Morgan fingerprint density at radius 2 is 2.11 bits per heavy atom. The molecule has 4 N–H and O–H groups in total. The van der Waals surface area contributed by atoms with Crippen LogP contribution in [-0.2, 0) is 20.3 Å². The van der Waals surface area contributed by atoms with E-state index in [4.69, 9.17) is 10.1 Å². The first-order chi connectivity index (χ1) is 17.6. The van der Waals surface area contributed by atoms with Gasteiger partial charge in [0.05, 0.1) is 18.0 Å². The van der Waals surface area contributed by atoms with E-state index in [2.05, 4.69) is 30.9 Å². The van der Waals surface area contributed by atoms with Gasteiger partial charge in [0.2, 0.25) is 5.95 Å². The number of nitrogens with zero attached hydrogens (tertiary/aromatic N) is 6. The molecule has 190 valence electrons. The fourth-order valence-electron chi connectivity index (χ4n) is 3.54. The highest BCUT2D eigenvalue weighted by atomic mass is 19.4. The molecule has 0 saturated carbocycles. The van der Waals surface area contributed by atoms with E-state index >= 15 is 0 Å². The number of aryl methyl sites for hydroxylation is 2. The minimum atomic E-state index is -4.67. The summed E-state index contributed by atoms with van der Waals surface area (Å²) in [4.78, 5) is 25.0. The summed E-state index contributed by atoms with van der Waals surface area (Å²) in [7, 11) is 4.34. The van der Waals surface area contributed by atoms with E-state index in [1.165, 1.54) is 37.3 Å². The smallest absolute Gasteiger partial charge is 0.417 e. The monoisotopic (exact) mass is 512 g/mol. The Morgan fingerprint density at radius 1 is 1.35 bits per heavy atom. The molecule has 1 aliphatic rings. The summed E-state index contributed by atoms with van der Waals surface area (Å²) < 4.78 is 47.8. The van der Waals surface area contributed by atoms with Gasteiger partial charge in [-0.05, 0) is 6.07 Å². The Bertz CT molecular complexity index is 1610. The van der Waals surface area contributed by atoms with E-state index in [0.29, 0.717) is 23.8 Å². The van der Waals surface area contributed by atoms with Crippen LogP contribution in [0.4, 0.5) is 24.8 Å². The second-order valence-electron chi connectivity index (χ2n) is 7.63. The minimum Gasteiger partial charge on any atom is -0.450 e. The molecule has 0 unspecified atom stereocenters. The third-order valence-corrected chi connectivity index (χ3v) is 5.31. The number of hydrogen-bond acceptors (Lipinski definition) is 10. The lowest BCUT2D eigenvalue weighted by atomic mass is 10.2. The molecule has 3 aromatic rings. The lowest BCUT2D eigenvalue weighted by Crippen LogP contribution is -2.31. The molecule has 0 amide bonds. The van der Waals surface area contributed by atoms with Gasteiger partial charge in [0, 0.05) is 39.7 Å². The number of imidazole rings is 1. The number of anilines is 2. The van der Waals surface area contributed by atoms with Crippen molar-refractivity contribution >= 4 is 34.8 Å². The third-order valence-electron chi connectivity index (χ3n) is 5.31. The Morgan fingerprint density at radius 3 is 2.76 bits per heavy atom. The van der Waals surface area contributed by atoms with Gasteiger partial charge in [-0.2, -0.15) is 23.4 Å². The normalized spacial score (nSPS) is 14.5. The molecule has 3 aromatic heterocycles. The van der Waals surface area contributed by atoms with Crippen LogP contribution in [0.5, 0.6) is 5.75 Å². The van der Waals surface area contributed by atoms with E-state index in [1.807, 2.05) is 6.07 Å². The SMILES string of the molecule is CNC1=NC=CN/C1=C(\C=N)Oc1cnc2nc(Nc3cc(C(F)(F)F)cn(C)c3=O)n(C)c2c1C#N. The predicted molar refractivity (Wildman–Crippen MR) is 128 cm³/mol. The van der Waals surface area contributed by atoms with Crippen LogP contribution in [0, 0.1) is 16.7 Å². The van der Waals surface area contributed by atoms with E-state index in [-0.39, 0.29) is 39.9 Å². The number of rotatable bonds is 5. The number of allylic oxidation sites excluding steroid dienone is 1.